The number of amides is 4. The number of carbonyl (C=O) groups is 4. The van der Waals surface area contributed by atoms with Gasteiger partial charge >= 0.3 is 5.92 Å². The first-order valence-electron chi connectivity index (χ1n) is 10.7. The van der Waals surface area contributed by atoms with E-state index in [1.54, 1.807) is 0 Å². The molecule has 2 heterocycles. The average Bonchev–Trinajstić information content (AvgIpc) is 3.13. The molecule has 10 radical (unpaired) electrons. The minimum atomic E-state index is -4.00. The van der Waals surface area contributed by atoms with Gasteiger partial charge in [-0.25, -0.2) is 0 Å². The molecule has 4 amide bonds. The topological polar surface area (TPSA) is 95.6 Å². The zero-order valence-electron chi connectivity index (χ0n) is 19.1. The van der Waals surface area contributed by atoms with Crippen LogP contribution in [0.2, 0.25) is 10.2 Å². The Kier molecular flexibility index (Phi) is 6.42. The highest BCUT2D eigenvalue weighted by Gasteiger charge is 2.56. The van der Waals surface area contributed by atoms with Gasteiger partial charge in [0, 0.05) is 29.1 Å². The number of rotatable bonds is 5. The predicted octanol–water partition coefficient (Wildman–Crippen LogP) is 0.0158. The van der Waals surface area contributed by atoms with Crippen LogP contribution in [-0.2, 0) is 32.2 Å². The number of benzene rings is 2. The molecule has 2 aliphatic heterocycles. The summed E-state index contributed by atoms with van der Waals surface area (Å²) in [4.78, 5) is 50.8. The number of piperidine rings is 1. The fourth-order valence-corrected chi connectivity index (χ4v) is 4.37. The van der Waals surface area contributed by atoms with Crippen LogP contribution in [0.5, 0.6) is 0 Å². The third-order valence-electron chi connectivity index (χ3n) is 6.39. The third kappa shape index (κ3) is 4.39. The molecule has 4 rings (SSSR count). The van der Waals surface area contributed by atoms with Crippen molar-refractivity contribution < 1.29 is 28.0 Å². The minimum absolute atomic E-state index is 0.0396. The summed E-state index contributed by atoms with van der Waals surface area (Å²) in [5, 5.41) is -0.270. The second-order valence-electron chi connectivity index (χ2n) is 9.03. The number of carbonyl (C=O) groups excluding carboxylic acids is 4. The lowest BCUT2D eigenvalue weighted by atomic mass is 9.36. The molecular formula is C22H13B5ClF2N3O4. The van der Waals surface area contributed by atoms with Crippen LogP contribution in [0.15, 0.2) is 42.5 Å². The van der Waals surface area contributed by atoms with Crippen molar-refractivity contribution >= 4 is 74.5 Å². The summed E-state index contributed by atoms with van der Waals surface area (Å²) in [5.74, 6) is -8.34. The molecule has 0 unspecified atom stereocenters. The largest absolute Gasteiger partial charge is 0.358 e. The van der Waals surface area contributed by atoms with Gasteiger partial charge < -0.3 is 10.2 Å². The number of nitrogens with zero attached hydrogens (tertiary/aromatic N) is 1. The molecule has 176 valence electrons. The second-order valence-corrected chi connectivity index (χ2v) is 9.46. The maximum absolute atomic E-state index is 14.7. The number of nitrogens with one attached hydrogen (secondary N) is 2. The SMILES string of the molecule is [B]C([B])(NC(=O)C(F)(F)c1ccc(Cl)cc1)c1ccc2c(c1)CN([C@@]1([B])C(=O)NC(=O)CC1([B])[B])C2=O. The number of hydrogen-bond acceptors (Lipinski definition) is 4. The zero-order chi connectivity index (χ0) is 27.6. The van der Waals surface area contributed by atoms with Crippen molar-refractivity contribution in [1.82, 2.24) is 15.5 Å². The summed E-state index contributed by atoms with van der Waals surface area (Å²) in [6.07, 6.45) is -0.539. The van der Waals surface area contributed by atoms with Crippen molar-refractivity contribution in [2.45, 2.75) is 34.9 Å². The molecule has 37 heavy (non-hydrogen) atoms. The molecule has 15 heteroatoms. The number of imide groups is 1. The Balaban J connectivity index is 1.60. The van der Waals surface area contributed by atoms with E-state index in [1.165, 1.54) is 30.3 Å². The summed E-state index contributed by atoms with van der Waals surface area (Å²) in [5.41, 5.74) is -2.66. The molecule has 0 saturated carbocycles. The van der Waals surface area contributed by atoms with Crippen LogP contribution in [-0.4, -0.2) is 73.2 Å². The molecule has 0 spiro atoms. The van der Waals surface area contributed by atoms with Crippen LogP contribution >= 0.6 is 11.6 Å². The highest BCUT2D eigenvalue weighted by molar-refractivity contribution is 6.52. The Hall–Kier alpha value is -3.01. The molecule has 1 fully saturated rings. The maximum Gasteiger partial charge on any atom is 0.349 e. The van der Waals surface area contributed by atoms with Gasteiger partial charge in [0.1, 0.15) is 7.85 Å². The number of hydrogen-bond donors (Lipinski definition) is 2. The fraction of sp³-hybridized carbons (Fsp3) is 0.273. The molecule has 2 aromatic carbocycles. The van der Waals surface area contributed by atoms with E-state index in [2.05, 4.69) is 0 Å². The summed E-state index contributed by atoms with van der Waals surface area (Å²) >= 11 is 5.71. The average molecular weight is 511 g/mol. The first-order chi connectivity index (χ1) is 17.0. The maximum atomic E-state index is 14.7. The first kappa shape index (κ1) is 27.0. The third-order valence-corrected chi connectivity index (χ3v) is 6.64. The summed E-state index contributed by atoms with van der Waals surface area (Å²) in [7, 11) is 30.1. The van der Waals surface area contributed by atoms with E-state index in [1.807, 2.05) is 10.6 Å². The Morgan fingerprint density at radius 3 is 2.22 bits per heavy atom. The van der Waals surface area contributed by atoms with Crippen LogP contribution in [0, 0.1) is 0 Å². The lowest BCUT2D eigenvalue weighted by Crippen LogP contribution is -2.70. The van der Waals surface area contributed by atoms with Crippen molar-refractivity contribution in [3.05, 3.63) is 69.7 Å². The van der Waals surface area contributed by atoms with E-state index >= 15 is 0 Å². The Morgan fingerprint density at radius 1 is 1.03 bits per heavy atom. The fourth-order valence-electron chi connectivity index (χ4n) is 4.24. The molecule has 2 N–H and O–H groups in total. The quantitative estimate of drug-likeness (QED) is 0.438. The minimum Gasteiger partial charge on any atom is -0.358 e. The molecular weight excluding hydrogens is 498 g/mol. The van der Waals surface area contributed by atoms with E-state index in [-0.39, 0.29) is 28.3 Å². The molecule has 2 aromatic rings. The van der Waals surface area contributed by atoms with Crippen molar-refractivity contribution in [2.24, 2.45) is 0 Å². The van der Waals surface area contributed by atoms with Gasteiger partial charge in [-0.1, -0.05) is 41.1 Å². The molecule has 2 aliphatic rings. The van der Waals surface area contributed by atoms with Gasteiger partial charge in [0.2, 0.25) is 11.8 Å². The van der Waals surface area contributed by atoms with E-state index in [0.29, 0.717) is 0 Å². The van der Waals surface area contributed by atoms with Crippen LogP contribution in [0.3, 0.4) is 0 Å². The first-order valence-corrected chi connectivity index (χ1v) is 11.1. The second kappa shape index (κ2) is 8.79. The van der Waals surface area contributed by atoms with Crippen LogP contribution in [0.25, 0.3) is 0 Å². The van der Waals surface area contributed by atoms with Gasteiger partial charge in [-0.05, 0) is 34.7 Å². The Bertz CT molecular complexity index is 1340. The van der Waals surface area contributed by atoms with E-state index in [9.17, 15) is 28.0 Å². The number of fused-ring (bicyclic) bond motifs is 1. The summed E-state index contributed by atoms with van der Waals surface area (Å²) < 4.78 is 29.4. The standard InChI is InChI=1S/C22H13B5ClF2N3O4/c23-19(24)8-15(34)31-18(37)21(19,25)33-9-10-7-12(3-6-14(10)16(33)35)22(26,27)32-17(36)20(29,30)11-1-4-13(28)5-2-11/h1-7H,8-9H2,(H,32,36)(H,31,34,37)/t21-/m0/s1. The number of alkyl halides is 2. The molecule has 0 aromatic heterocycles. The van der Waals surface area contributed by atoms with Gasteiger partial charge in [0.15, 0.2) is 0 Å². The van der Waals surface area contributed by atoms with Crippen molar-refractivity contribution in [2.75, 3.05) is 0 Å². The van der Waals surface area contributed by atoms with E-state index < -0.39 is 57.5 Å². The highest BCUT2D eigenvalue weighted by atomic mass is 35.5. The van der Waals surface area contributed by atoms with E-state index in [0.717, 1.165) is 17.0 Å². The Morgan fingerprint density at radius 2 is 1.62 bits per heavy atom. The van der Waals surface area contributed by atoms with E-state index in [4.69, 9.17) is 50.8 Å². The predicted molar refractivity (Wildman–Crippen MR) is 133 cm³/mol. The van der Waals surface area contributed by atoms with Gasteiger partial charge in [-0.15, -0.1) is 0 Å². The van der Waals surface area contributed by atoms with Gasteiger partial charge in [-0.3, -0.25) is 24.5 Å². The van der Waals surface area contributed by atoms with Gasteiger partial charge in [-0.2, -0.15) is 8.78 Å². The highest BCUT2D eigenvalue weighted by Crippen LogP contribution is 2.44. The van der Waals surface area contributed by atoms with Crippen molar-refractivity contribution in [3.63, 3.8) is 0 Å². The normalized spacial score (nSPS) is 21.4. The monoisotopic (exact) mass is 511 g/mol. The van der Waals surface area contributed by atoms with Gasteiger partial charge in [0.05, 0.1) is 36.8 Å². The lowest BCUT2D eigenvalue weighted by molar-refractivity contribution is -0.147. The lowest BCUT2D eigenvalue weighted by Gasteiger charge is -2.52. The molecule has 1 atom stereocenters. The van der Waals surface area contributed by atoms with Crippen LogP contribution < -0.4 is 10.6 Å². The zero-order valence-corrected chi connectivity index (χ0v) is 19.8. The molecule has 7 nitrogen and oxygen atoms in total. The summed E-state index contributed by atoms with van der Waals surface area (Å²) in [6.45, 7) is -0.304. The van der Waals surface area contributed by atoms with Crippen molar-refractivity contribution in [1.29, 1.82) is 0 Å². The Labute approximate surface area is 222 Å². The molecule has 1 saturated heterocycles. The van der Waals surface area contributed by atoms with Gasteiger partial charge in [0.25, 0.3) is 11.8 Å². The van der Waals surface area contributed by atoms with Crippen LogP contribution in [0.4, 0.5) is 8.78 Å². The van der Waals surface area contributed by atoms with Crippen molar-refractivity contribution in [3.8, 4) is 0 Å². The van der Waals surface area contributed by atoms with Crippen LogP contribution in [0.1, 0.15) is 33.5 Å². The smallest absolute Gasteiger partial charge is 0.349 e. The molecule has 0 bridgehead atoms. The molecule has 0 aliphatic carbocycles. The summed E-state index contributed by atoms with van der Waals surface area (Å²) in [6, 6.07) is 8.17. The number of halogens is 3.